The van der Waals surface area contributed by atoms with Gasteiger partial charge in [0, 0.05) is 18.5 Å². The molecule has 4 aromatic rings. The van der Waals surface area contributed by atoms with Crippen molar-refractivity contribution < 1.29 is 18.4 Å². The molecule has 0 atom stereocenters. The maximum atomic E-state index is 13.3. The first-order valence-corrected chi connectivity index (χ1v) is 9.49. The molecule has 2 aromatic carbocycles. The highest BCUT2D eigenvalue weighted by molar-refractivity contribution is 5.93. The first-order valence-electron chi connectivity index (χ1n) is 9.49. The zero-order valence-electron chi connectivity index (χ0n) is 16.3. The Hall–Kier alpha value is -3.81. The number of aryl methyl sites for hydroxylation is 1. The molecule has 0 spiro atoms. The van der Waals surface area contributed by atoms with Crippen LogP contribution in [-0.4, -0.2) is 27.6 Å². The molecule has 4 rings (SSSR count). The number of ether oxygens (including phenoxy) is 1. The van der Waals surface area contributed by atoms with Gasteiger partial charge in [-0.05, 0) is 29.8 Å². The second kappa shape index (κ2) is 8.69. The molecular weight excluding hydrogens is 387 g/mol. The summed E-state index contributed by atoms with van der Waals surface area (Å²) in [7, 11) is 0. The van der Waals surface area contributed by atoms with Gasteiger partial charge < -0.3 is 14.6 Å². The monoisotopic (exact) mass is 406 g/mol. The fourth-order valence-electron chi connectivity index (χ4n) is 2.91. The molecule has 30 heavy (non-hydrogen) atoms. The summed E-state index contributed by atoms with van der Waals surface area (Å²) in [4.78, 5) is 21.0. The summed E-state index contributed by atoms with van der Waals surface area (Å²) in [5.74, 6) is 0.0577. The number of carbonyl (C=O) groups is 1. The smallest absolute Gasteiger partial charge is 0.265 e. The maximum absolute atomic E-state index is 13.3. The predicted molar refractivity (Wildman–Crippen MR) is 108 cm³/mol. The third kappa shape index (κ3) is 4.27. The fraction of sp³-hybridized carbons (Fsp3) is 0.182. The summed E-state index contributed by atoms with van der Waals surface area (Å²) in [6.07, 6.45) is 0.555. The molecule has 152 valence electrons. The zero-order chi connectivity index (χ0) is 20.9. The SMILES string of the molecule is CCc1nc(OCC(=O)NCc2ccccc2)c2c(-c3ccc(F)cc3)noc2n1. The Labute approximate surface area is 171 Å². The molecule has 1 amide bonds. The van der Waals surface area contributed by atoms with Gasteiger partial charge in [0.1, 0.15) is 22.7 Å². The van der Waals surface area contributed by atoms with Crippen LogP contribution in [0.5, 0.6) is 5.88 Å². The molecule has 2 heterocycles. The van der Waals surface area contributed by atoms with Crippen molar-refractivity contribution in [3.63, 3.8) is 0 Å². The molecular formula is C22H19FN4O3. The van der Waals surface area contributed by atoms with Crippen LogP contribution in [0.4, 0.5) is 4.39 Å². The highest BCUT2D eigenvalue weighted by atomic mass is 19.1. The molecule has 0 fully saturated rings. The number of fused-ring (bicyclic) bond motifs is 1. The second-order valence-electron chi connectivity index (χ2n) is 6.57. The van der Waals surface area contributed by atoms with Crippen molar-refractivity contribution in [1.82, 2.24) is 20.4 Å². The molecule has 0 aliphatic rings. The van der Waals surface area contributed by atoms with Crippen molar-refractivity contribution in [1.29, 1.82) is 0 Å². The minimum absolute atomic E-state index is 0.201. The molecule has 0 unspecified atom stereocenters. The van der Waals surface area contributed by atoms with Gasteiger partial charge in [-0.1, -0.05) is 42.4 Å². The van der Waals surface area contributed by atoms with Crippen LogP contribution in [0.15, 0.2) is 59.1 Å². The largest absolute Gasteiger partial charge is 0.467 e. The lowest BCUT2D eigenvalue weighted by atomic mass is 10.1. The molecule has 0 aliphatic heterocycles. The second-order valence-corrected chi connectivity index (χ2v) is 6.57. The van der Waals surface area contributed by atoms with Crippen LogP contribution in [0.25, 0.3) is 22.4 Å². The number of nitrogens with one attached hydrogen (secondary N) is 1. The first-order chi connectivity index (χ1) is 14.6. The average molecular weight is 406 g/mol. The van der Waals surface area contributed by atoms with E-state index in [9.17, 15) is 9.18 Å². The van der Waals surface area contributed by atoms with Gasteiger partial charge in [0.05, 0.1) is 0 Å². The van der Waals surface area contributed by atoms with Crippen LogP contribution >= 0.6 is 0 Å². The van der Waals surface area contributed by atoms with E-state index in [1.807, 2.05) is 37.3 Å². The Morgan fingerprint density at radius 1 is 1.10 bits per heavy atom. The van der Waals surface area contributed by atoms with E-state index < -0.39 is 0 Å². The van der Waals surface area contributed by atoms with E-state index in [0.29, 0.717) is 35.4 Å². The van der Waals surface area contributed by atoms with Crippen molar-refractivity contribution in [2.45, 2.75) is 19.9 Å². The molecule has 0 saturated carbocycles. The van der Waals surface area contributed by atoms with E-state index in [1.54, 1.807) is 12.1 Å². The zero-order valence-corrected chi connectivity index (χ0v) is 16.3. The summed E-state index contributed by atoms with van der Waals surface area (Å²) in [5.41, 5.74) is 2.29. The molecule has 7 nitrogen and oxygen atoms in total. The number of aromatic nitrogens is 3. The number of halogens is 1. The molecule has 0 aliphatic carbocycles. The number of nitrogens with zero attached hydrogens (tertiary/aromatic N) is 3. The Balaban J connectivity index is 1.56. The molecule has 1 N–H and O–H groups in total. The third-order valence-corrected chi connectivity index (χ3v) is 4.46. The summed E-state index contributed by atoms with van der Waals surface area (Å²) >= 11 is 0. The number of rotatable bonds is 7. The first kappa shape index (κ1) is 19.5. The minimum atomic E-state index is -0.359. The van der Waals surface area contributed by atoms with Gasteiger partial charge in [-0.25, -0.2) is 4.39 Å². The van der Waals surface area contributed by atoms with Crippen LogP contribution in [0.1, 0.15) is 18.3 Å². The van der Waals surface area contributed by atoms with Crippen molar-refractivity contribution in [3.8, 4) is 17.1 Å². The predicted octanol–water partition coefficient (Wildman–Crippen LogP) is 3.68. The van der Waals surface area contributed by atoms with E-state index in [1.165, 1.54) is 12.1 Å². The van der Waals surface area contributed by atoms with E-state index >= 15 is 0 Å². The van der Waals surface area contributed by atoms with E-state index in [4.69, 9.17) is 9.26 Å². The average Bonchev–Trinajstić information content (AvgIpc) is 3.21. The van der Waals surface area contributed by atoms with Gasteiger partial charge in [-0.3, -0.25) is 4.79 Å². The quantitative estimate of drug-likeness (QED) is 0.504. The van der Waals surface area contributed by atoms with Crippen LogP contribution in [0.3, 0.4) is 0 Å². The van der Waals surface area contributed by atoms with Gasteiger partial charge in [-0.2, -0.15) is 9.97 Å². The number of carbonyl (C=O) groups excluding carboxylic acids is 1. The Morgan fingerprint density at radius 3 is 2.60 bits per heavy atom. The highest BCUT2D eigenvalue weighted by Crippen LogP contribution is 2.33. The molecule has 0 saturated heterocycles. The molecule has 2 aromatic heterocycles. The van der Waals surface area contributed by atoms with Gasteiger partial charge in [-0.15, -0.1) is 0 Å². The topological polar surface area (TPSA) is 90.1 Å². The summed E-state index contributed by atoms with van der Waals surface area (Å²) in [5, 5.41) is 7.30. The van der Waals surface area contributed by atoms with Crippen molar-refractivity contribution in [3.05, 3.63) is 71.8 Å². The minimum Gasteiger partial charge on any atom is -0.467 e. The lowest BCUT2D eigenvalue weighted by Crippen LogP contribution is -2.28. The fourth-order valence-corrected chi connectivity index (χ4v) is 2.91. The van der Waals surface area contributed by atoms with Gasteiger partial charge in [0.2, 0.25) is 5.88 Å². The number of amides is 1. The molecule has 8 heteroatoms. The van der Waals surface area contributed by atoms with Crippen molar-refractivity contribution >= 4 is 17.0 Å². The van der Waals surface area contributed by atoms with Crippen molar-refractivity contribution in [2.24, 2.45) is 0 Å². The van der Waals surface area contributed by atoms with Gasteiger partial charge in [0.25, 0.3) is 11.6 Å². The van der Waals surface area contributed by atoms with Gasteiger partial charge in [0.15, 0.2) is 6.61 Å². The normalized spacial score (nSPS) is 10.9. The number of hydrogen-bond donors (Lipinski definition) is 1. The third-order valence-electron chi connectivity index (χ3n) is 4.46. The number of hydrogen-bond acceptors (Lipinski definition) is 6. The summed E-state index contributed by atoms with van der Waals surface area (Å²) < 4.78 is 24.4. The van der Waals surface area contributed by atoms with Crippen LogP contribution in [0, 0.1) is 5.82 Å². The van der Waals surface area contributed by atoms with Gasteiger partial charge >= 0.3 is 0 Å². The Morgan fingerprint density at radius 2 is 1.87 bits per heavy atom. The Kier molecular flexibility index (Phi) is 5.65. The molecule has 0 bridgehead atoms. The summed E-state index contributed by atoms with van der Waals surface area (Å²) in [6.45, 7) is 2.07. The maximum Gasteiger partial charge on any atom is 0.265 e. The van der Waals surface area contributed by atoms with E-state index in [0.717, 1.165) is 5.56 Å². The standard InChI is InChI=1S/C22H19FN4O3/c1-2-17-25-21(29-13-18(28)24-12-14-6-4-3-5-7-14)19-20(27-30-22(19)26-17)15-8-10-16(23)11-9-15/h3-11H,2,12-13H2,1H3,(H,24,28). The number of benzene rings is 2. The molecule has 0 radical (unpaired) electrons. The lowest BCUT2D eigenvalue weighted by Gasteiger charge is -2.09. The van der Waals surface area contributed by atoms with Crippen LogP contribution < -0.4 is 10.1 Å². The van der Waals surface area contributed by atoms with Crippen LogP contribution in [-0.2, 0) is 17.8 Å². The highest BCUT2D eigenvalue weighted by Gasteiger charge is 2.20. The Bertz CT molecular complexity index is 1160. The van der Waals surface area contributed by atoms with Crippen molar-refractivity contribution in [2.75, 3.05) is 6.61 Å². The lowest BCUT2D eigenvalue weighted by molar-refractivity contribution is -0.123. The van der Waals surface area contributed by atoms with E-state index in [2.05, 4.69) is 20.4 Å². The van der Waals surface area contributed by atoms with E-state index in [-0.39, 0.29) is 29.9 Å². The van der Waals surface area contributed by atoms with Crippen LogP contribution in [0.2, 0.25) is 0 Å². The summed E-state index contributed by atoms with van der Waals surface area (Å²) in [6, 6.07) is 15.4.